The first kappa shape index (κ1) is 19.8. The molecule has 0 radical (unpaired) electrons. The van der Waals surface area contributed by atoms with E-state index in [-0.39, 0.29) is 5.78 Å². The van der Waals surface area contributed by atoms with Crippen LogP contribution in [0.1, 0.15) is 39.5 Å². The summed E-state index contributed by atoms with van der Waals surface area (Å²) in [4.78, 5) is 26.3. The number of ether oxygens (including phenoxy) is 1. The number of nitrogens with zero attached hydrogens (tertiary/aromatic N) is 1. The number of Topliss-reactive ketones (excluding diaryl/α,β-unsaturated/α-hetero) is 1. The second kappa shape index (κ2) is 8.55. The van der Waals surface area contributed by atoms with Gasteiger partial charge in [0.1, 0.15) is 5.54 Å². The van der Waals surface area contributed by atoms with Crippen LogP contribution in [-0.2, 0) is 9.53 Å². The van der Waals surface area contributed by atoms with Gasteiger partial charge in [0.05, 0.1) is 0 Å². The van der Waals surface area contributed by atoms with Crippen LogP contribution in [-0.4, -0.2) is 34.9 Å². The third kappa shape index (κ3) is 4.39. The molecule has 0 aromatic rings. The molecule has 0 heterocycles. The Labute approximate surface area is 147 Å². The highest BCUT2D eigenvalue weighted by Crippen LogP contribution is 2.40. The van der Waals surface area contributed by atoms with Gasteiger partial charge < -0.3 is 4.74 Å². The molecule has 1 amide bonds. The molecule has 1 unspecified atom stereocenters. The molecule has 23 heavy (non-hydrogen) atoms. The van der Waals surface area contributed by atoms with Crippen LogP contribution < -0.4 is 0 Å². The molecule has 6 heteroatoms. The van der Waals surface area contributed by atoms with Crippen molar-refractivity contribution >= 4 is 35.1 Å². The SMILES string of the molecule is C=C(/C(Cl)=C\C=C/C)[C@]1(N(C)C(=O)OC(C)Cl)CCCCC1=O. The number of likely N-dealkylation sites (N-methyl/N-ethyl adjacent to an activating group) is 1. The van der Waals surface area contributed by atoms with E-state index in [0.717, 1.165) is 12.8 Å². The highest BCUT2D eigenvalue weighted by atomic mass is 35.5. The minimum absolute atomic E-state index is 0.0811. The molecule has 1 aliphatic carbocycles. The topological polar surface area (TPSA) is 46.6 Å². The van der Waals surface area contributed by atoms with Crippen LogP contribution >= 0.6 is 23.2 Å². The van der Waals surface area contributed by atoms with Gasteiger partial charge in [-0.2, -0.15) is 0 Å². The van der Waals surface area contributed by atoms with E-state index in [1.165, 1.54) is 18.9 Å². The minimum Gasteiger partial charge on any atom is -0.430 e. The van der Waals surface area contributed by atoms with Crippen molar-refractivity contribution in [2.75, 3.05) is 7.05 Å². The molecule has 0 spiro atoms. The second-order valence-corrected chi connectivity index (χ2v) is 6.52. The number of amides is 1. The van der Waals surface area contributed by atoms with Gasteiger partial charge in [-0.1, -0.05) is 41.9 Å². The van der Waals surface area contributed by atoms with Crippen LogP contribution in [0.3, 0.4) is 0 Å². The van der Waals surface area contributed by atoms with Gasteiger partial charge in [-0.15, -0.1) is 0 Å². The molecule has 0 bridgehead atoms. The summed E-state index contributed by atoms with van der Waals surface area (Å²) in [6.07, 6.45) is 7.00. The van der Waals surface area contributed by atoms with Crippen molar-refractivity contribution in [1.29, 1.82) is 0 Å². The monoisotopic (exact) mass is 359 g/mol. The van der Waals surface area contributed by atoms with E-state index in [0.29, 0.717) is 23.4 Å². The summed E-state index contributed by atoms with van der Waals surface area (Å²) < 4.78 is 5.03. The van der Waals surface area contributed by atoms with Crippen molar-refractivity contribution in [3.8, 4) is 0 Å². The predicted molar refractivity (Wildman–Crippen MR) is 93.7 cm³/mol. The number of carbonyl (C=O) groups excluding carboxylic acids is 2. The zero-order valence-corrected chi connectivity index (χ0v) is 15.3. The van der Waals surface area contributed by atoms with Gasteiger partial charge in [-0.05, 0) is 44.8 Å². The summed E-state index contributed by atoms with van der Waals surface area (Å²) in [5.74, 6) is -0.0811. The first-order valence-electron chi connectivity index (χ1n) is 7.57. The fourth-order valence-corrected chi connectivity index (χ4v) is 3.05. The summed E-state index contributed by atoms with van der Waals surface area (Å²) in [7, 11) is 1.52. The molecule has 1 rings (SSSR count). The molecule has 0 aliphatic heterocycles. The third-order valence-corrected chi connectivity index (χ3v) is 4.43. The maximum Gasteiger partial charge on any atom is 0.412 e. The molecular weight excluding hydrogens is 337 g/mol. The Morgan fingerprint density at radius 3 is 2.65 bits per heavy atom. The van der Waals surface area contributed by atoms with Gasteiger partial charge in [-0.3, -0.25) is 9.69 Å². The molecule has 0 aromatic carbocycles. The Balaban J connectivity index is 3.25. The van der Waals surface area contributed by atoms with Gasteiger partial charge in [-0.25, -0.2) is 4.79 Å². The van der Waals surface area contributed by atoms with E-state index in [4.69, 9.17) is 27.9 Å². The van der Waals surface area contributed by atoms with Crippen molar-refractivity contribution in [2.45, 2.75) is 50.6 Å². The minimum atomic E-state index is -1.18. The van der Waals surface area contributed by atoms with Crippen LogP contribution in [0.15, 0.2) is 35.4 Å². The van der Waals surface area contributed by atoms with Crippen molar-refractivity contribution in [3.63, 3.8) is 0 Å². The smallest absolute Gasteiger partial charge is 0.412 e. The highest BCUT2D eigenvalue weighted by molar-refractivity contribution is 6.32. The largest absolute Gasteiger partial charge is 0.430 e. The summed E-state index contributed by atoms with van der Waals surface area (Å²) >= 11 is 12.0. The summed E-state index contributed by atoms with van der Waals surface area (Å²) in [6.45, 7) is 7.39. The second-order valence-electron chi connectivity index (χ2n) is 5.50. The lowest BCUT2D eigenvalue weighted by molar-refractivity contribution is -0.130. The zero-order valence-electron chi connectivity index (χ0n) is 13.8. The van der Waals surface area contributed by atoms with E-state index < -0.39 is 17.2 Å². The molecule has 1 aliphatic rings. The van der Waals surface area contributed by atoms with E-state index in [1.54, 1.807) is 12.2 Å². The lowest BCUT2D eigenvalue weighted by atomic mass is 9.74. The molecule has 2 atom stereocenters. The molecule has 4 nitrogen and oxygen atoms in total. The Morgan fingerprint density at radius 1 is 1.48 bits per heavy atom. The number of rotatable bonds is 5. The lowest BCUT2D eigenvalue weighted by Gasteiger charge is -2.43. The van der Waals surface area contributed by atoms with Crippen LogP contribution in [0, 0.1) is 0 Å². The maximum atomic E-state index is 12.7. The molecule has 1 fully saturated rings. The fraction of sp³-hybridized carbons (Fsp3) is 0.529. The molecular formula is C17H23Cl2NO3. The Bertz CT molecular complexity index is 540. The first-order chi connectivity index (χ1) is 10.8. The number of halogens is 2. The van der Waals surface area contributed by atoms with E-state index in [2.05, 4.69) is 6.58 Å². The average Bonchev–Trinajstić information content (AvgIpc) is 2.51. The number of allylic oxidation sites excluding steroid dienone is 3. The first-order valence-corrected chi connectivity index (χ1v) is 8.38. The van der Waals surface area contributed by atoms with E-state index in [1.807, 2.05) is 13.0 Å². The van der Waals surface area contributed by atoms with Crippen LogP contribution in [0.4, 0.5) is 4.79 Å². The van der Waals surface area contributed by atoms with Crippen molar-refractivity contribution in [3.05, 3.63) is 35.4 Å². The van der Waals surface area contributed by atoms with E-state index in [9.17, 15) is 9.59 Å². The van der Waals surface area contributed by atoms with Crippen LogP contribution in [0.25, 0.3) is 0 Å². The summed E-state index contributed by atoms with van der Waals surface area (Å²) in [6, 6.07) is 0. The predicted octanol–water partition coefficient (Wildman–Crippen LogP) is 4.78. The van der Waals surface area contributed by atoms with E-state index >= 15 is 0 Å². The summed E-state index contributed by atoms with van der Waals surface area (Å²) in [5.41, 5.74) is -1.57. The standard InChI is InChI=1S/C17H23Cl2NO3/c1-5-6-9-14(19)12(2)17(11-8-7-10-15(17)21)20(4)16(22)23-13(3)18/h5-6,9,13H,2,7-8,10-11H2,1,3-4H3/b6-5-,14-9+/t13?,17-/m1/s1. The average molecular weight is 360 g/mol. The molecule has 1 saturated carbocycles. The molecule has 0 aromatic heterocycles. The van der Waals surface area contributed by atoms with Gasteiger partial charge in [0.2, 0.25) is 0 Å². The Kier molecular flexibility index (Phi) is 7.36. The number of hydrogen-bond acceptors (Lipinski definition) is 3. The number of ketones is 1. The number of alkyl halides is 1. The zero-order chi connectivity index (χ0) is 17.6. The van der Waals surface area contributed by atoms with Crippen molar-refractivity contribution in [2.24, 2.45) is 0 Å². The van der Waals surface area contributed by atoms with Crippen molar-refractivity contribution < 1.29 is 14.3 Å². The number of hydrogen-bond donors (Lipinski definition) is 0. The van der Waals surface area contributed by atoms with Crippen LogP contribution in [0.5, 0.6) is 0 Å². The van der Waals surface area contributed by atoms with Crippen LogP contribution in [0.2, 0.25) is 0 Å². The lowest BCUT2D eigenvalue weighted by Crippen LogP contribution is -2.58. The maximum absolute atomic E-state index is 12.7. The quantitative estimate of drug-likeness (QED) is 0.524. The Hall–Kier alpha value is -1.26. The highest BCUT2D eigenvalue weighted by Gasteiger charge is 2.49. The third-order valence-electron chi connectivity index (χ3n) is 3.99. The molecule has 0 saturated heterocycles. The fourth-order valence-electron chi connectivity index (χ4n) is 2.74. The van der Waals surface area contributed by atoms with Gasteiger partial charge in [0.25, 0.3) is 0 Å². The normalized spacial score (nSPS) is 23.7. The molecule has 0 N–H and O–H groups in total. The number of carbonyl (C=O) groups is 2. The summed E-state index contributed by atoms with van der Waals surface area (Å²) in [5, 5.41) is 0.344. The Morgan fingerprint density at radius 2 is 2.13 bits per heavy atom. The van der Waals surface area contributed by atoms with Crippen molar-refractivity contribution in [1.82, 2.24) is 4.90 Å². The van der Waals surface area contributed by atoms with Gasteiger partial charge in [0, 0.05) is 18.5 Å². The van der Waals surface area contributed by atoms with Gasteiger partial charge in [0.15, 0.2) is 11.3 Å². The van der Waals surface area contributed by atoms with Gasteiger partial charge >= 0.3 is 6.09 Å². The molecule has 128 valence electrons.